The third kappa shape index (κ3) is 5.86. The Labute approximate surface area is 369 Å². The Morgan fingerprint density at radius 2 is 0.810 bits per heavy atom. The van der Waals surface area contributed by atoms with Crippen LogP contribution in [-0.4, -0.2) is 9.97 Å². The molecule has 0 saturated heterocycles. The van der Waals surface area contributed by atoms with Gasteiger partial charge in [0.1, 0.15) is 0 Å². The summed E-state index contributed by atoms with van der Waals surface area (Å²) in [6.07, 6.45) is 5.76. The fourth-order valence-electron chi connectivity index (χ4n) is 11.1. The zero-order valence-electron chi connectivity index (χ0n) is 35.1. The number of aromatic nitrogens is 2. The molecule has 0 radical (unpaired) electrons. The summed E-state index contributed by atoms with van der Waals surface area (Å²) in [5.41, 5.74) is 21.5. The summed E-state index contributed by atoms with van der Waals surface area (Å²) in [5, 5.41) is 0. The van der Waals surface area contributed by atoms with E-state index in [2.05, 4.69) is 231 Å². The van der Waals surface area contributed by atoms with Gasteiger partial charge in [0.25, 0.3) is 0 Å². The molecule has 3 aliphatic rings. The minimum atomic E-state index is -0.440. The second-order valence-electron chi connectivity index (χ2n) is 17.1. The molecule has 298 valence electrons. The van der Waals surface area contributed by atoms with Crippen LogP contribution in [0.2, 0.25) is 0 Å². The molecule has 0 N–H and O–H groups in total. The minimum Gasteiger partial charge on any atom is -0.228 e. The van der Waals surface area contributed by atoms with E-state index in [-0.39, 0.29) is 5.92 Å². The summed E-state index contributed by atoms with van der Waals surface area (Å²) >= 11 is 0. The van der Waals surface area contributed by atoms with Gasteiger partial charge in [0.15, 0.2) is 5.82 Å². The molecule has 63 heavy (non-hydrogen) atoms. The van der Waals surface area contributed by atoms with E-state index < -0.39 is 5.41 Å². The highest BCUT2D eigenvalue weighted by atomic mass is 14.9. The van der Waals surface area contributed by atoms with Gasteiger partial charge in [-0.1, -0.05) is 219 Å². The van der Waals surface area contributed by atoms with E-state index in [1.54, 1.807) is 0 Å². The monoisotopic (exact) mass is 804 g/mol. The third-order valence-corrected chi connectivity index (χ3v) is 13.9. The van der Waals surface area contributed by atoms with Crippen LogP contribution in [0, 0.1) is 5.92 Å². The largest absolute Gasteiger partial charge is 0.228 e. The van der Waals surface area contributed by atoms with Gasteiger partial charge in [-0.25, -0.2) is 9.97 Å². The van der Waals surface area contributed by atoms with Gasteiger partial charge >= 0.3 is 0 Å². The minimum absolute atomic E-state index is 0.227. The highest BCUT2D eigenvalue weighted by Crippen LogP contribution is 2.63. The molecule has 2 atom stereocenters. The molecule has 2 heteroatoms. The molecule has 1 spiro atoms. The van der Waals surface area contributed by atoms with Crippen molar-refractivity contribution in [2.45, 2.75) is 24.7 Å². The van der Waals surface area contributed by atoms with Gasteiger partial charge < -0.3 is 0 Å². The van der Waals surface area contributed by atoms with Gasteiger partial charge in [0, 0.05) is 22.6 Å². The summed E-state index contributed by atoms with van der Waals surface area (Å²) < 4.78 is 0. The number of rotatable bonds is 7. The fourth-order valence-corrected chi connectivity index (χ4v) is 11.1. The highest BCUT2D eigenvalue weighted by molar-refractivity contribution is 5.96. The van der Waals surface area contributed by atoms with Crippen molar-refractivity contribution in [1.29, 1.82) is 0 Å². The van der Waals surface area contributed by atoms with Gasteiger partial charge in [-0.3, -0.25) is 0 Å². The topological polar surface area (TPSA) is 25.8 Å². The summed E-state index contributed by atoms with van der Waals surface area (Å²) in [4.78, 5) is 10.8. The van der Waals surface area contributed by atoms with Gasteiger partial charge in [-0.05, 0) is 96.8 Å². The summed E-state index contributed by atoms with van der Waals surface area (Å²) in [6.45, 7) is 2.33. The van der Waals surface area contributed by atoms with Crippen LogP contribution >= 0.6 is 0 Å². The Kier molecular flexibility index (Phi) is 8.86. The van der Waals surface area contributed by atoms with Crippen molar-refractivity contribution in [2.24, 2.45) is 5.92 Å². The average Bonchev–Trinajstić information content (AvgIpc) is 3.84. The highest BCUT2D eigenvalue weighted by Gasteiger charge is 2.51. The van der Waals surface area contributed by atoms with E-state index in [1.807, 2.05) is 0 Å². The van der Waals surface area contributed by atoms with Crippen LogP contribution in [0.4, 0.5) is 0 Å². The maximum atomic E-state index is 5.42. The molecule has 0 amide bonds. The lowest BCUT2D eigenvalue weighted by Gasteiger charge is -2.34. The third-order valence-electron chi connectivity index (χ3n) is 13.9. The Hall–Kier alpha value is -7.68. The Bertz CT molecular complexity index is 3190. The maximum Gasteiger partial charge on any atom is 0.160 e. The maximum absolute atomic E-state index is 5.42. The van der Waals surface area contributed by atoms with E-state index >= 15 is 0 Å². The second kappa shape index (κ2) is 15.0. The molecular weight excluding hydrogens is 761 g/mol. The van der Waals surface area contributed by atoms with E-state index in [1.165, 1.54) is 72.3 Å². The van der Waals surface area contributed by atoms with Crippen LogP contribution in [0.5, 0.6) is 0 Å². The quantitative estimate of drug-likeness (QED) is 0.160. The zero-order valence-corrected chi connectivity index (χ0v) is 35.1. The number of hydrogen-bond acceptors (Lipinski definition) is 2. The van der Waals surface area contributed by atoms with Crippen molar-refractivity contribution < 1.29 is 0 Å². The Morgan fingerprint density at radius 1 is 0.381 bits per heavy atom. The first kappa shape index (κ1) is 37.1. The van der Waals surface area contributed by atoms with Gasteiger partial charge in [0.2, 0.25) is 0 Å². The first-order chi connectivity index (χ1) is 31.2. The number of benzene rings is 8. The molecule has 0 saturated carbocycles. The lowest BCUT2D eigenvalue weighted by atomic mass is 9.69. The van der Waals surface area contributed by atoms with Crippen LogP contribution in [0.3, 0.4) is 0 Å². The number of allylic oxidation sites excluding steroid dienone is 4. The van der Waals surface area contributed by atoms with Crippen LogP contribution < -0.4 is 0 Å². The second-order valence-corrected chi connectivity index (χ2v) is 17.1. The molecular formula is C61H44N2. The predicted octanol–water partition coefficient (Wildman–Crippen LogP) is 15.1. The smallest absolute Gasteiger partial charge is 0.160 e. The SMILES string of the molecule is CCC1C(c2ccccc2)=CC=C(c2ccc(-c3cc(-c4ccccc4)nc(-c4ccc5c(c4)C4(c6ccccc6-c6ccccc64)c4ccccc4-5)n3)cc2)C1c1ccccc1. The van der Waals surface area contributed by atoms with E-state index in [0.29, 0.717) is 11.7 Å². The Morgan fingerprint density at radius 3 is 1.38 bits per heavy atom. The van der Waals surface area contributed by atoms with E-state index in [4.69, 9.17) is 9.97 Å². The molecule has 1 heterocycles. The Balaban J connectivity index is 0.991. The summed E-state index contributed by atoms with van der Waals surface area (Å²) in [5.74, 6) is 1.29. The lowest BCUT2D eigenvalue weighted by molar-refractivity contribution is 0.587. The molecule has 1 aromatic heterocycles. The van der Waals surface area contributed by atoms with Crippen molar-refractivity contribution in [2.75, 3.05) is 0 Å². The van der Waals surface area contributed by atoms with Crippen LogP contribution in [0.25, 0.3) is 67.3 Å². The lowest BCUT2D eigenvalue weighted by Crippen LogP contribution is -2.25. The molecule has 8 aromatic carbocycles. The van der Waals surface area contributed by atoms with Crippen LogP contribution in [0.15, 0.2) is 224 Å². The molecule has 2 unspecified atom stereocenters. The molecule has 2 nitrogen and oxygen atoms in total. The normalized spacial score (nSPS) is 16.4. The first-order valence-electron chi connectivity index (χ1n) is 22.2. The van der Waals surface area contributed by atoms with Crippen molar-refractivity contribution in [3.05, 3.63) is 263 Å². The molecule has 0 aliphatic heterocycles. The molecule has 0 bridgehead atoms. The van der Waals surface area contributed by atoms with Gasteiger partial charge in [-0.2, -0.15) is 0 Å². The van der Waals surface area contributed by atoms with Crippen molar-refractivity contribution >= 4 is 11.1 Å². The van der Waals surface area contributed by atoms with E-state index in [9.17, 15) is 0 Å². The van der Waals surface area contributed by atoms with Crippen LogP contribution in [-0.2, 0) is 5.41 Å². The van der Waals surface area contributed by atoms with Crippen molar-refractivity contribution in [3.8, 4) is 56.2 Å². The number of hydrogen-bond donors (Lipinski definition) is 0. The number of fused-ring (bicyclic) bond motifs is 10. The molecule has 0 fully saturated rings. The van der Waals surface area contributed by atoms with Crippen molar-refractivity contribution in [1.82, 2.24) is 9.97 Å². The van der Waals surface area contributed by atoms with E-state index in [0.717, 1.165) is 34.5 Å². The van der Waals surface area contributed by atoms with Gasteiger partial charge in [0.05, 0.1) is 16.8 Å². The average molecular weight is 805 g/mol. The molecule has 12 rings (SSSR count). The standard InChI is InChI=1S/C61H44N2/c1-2-46-47(40-18-6-3-7-19-40)36-37-48(59(46)44-22-10-5-11-23-44)41-30-32-43(33-31-41)58-39-57(42-20-8-4-9-21-42)62-60(63-58)45-34-35-52-51-26-14-17-29-55(51)61(56(52)38-45)53-27-15-12-24-49(53)50-25-13-16-28-54(50)61/h3-39,46,59H,2H2,1H3. The summed E-state index contributed by atoms with van der Waals surface area (Å²) in [6, 6.07) is 77.5. The van der Waals surface area contributed by atoms with Crippen molar-refractivity contribution in [3.63, 3.8) is 0 Å². The summed E-state index contributed by atoms with van der Waals surface area (Å²) in [7, 11) is 0. The number of nitrogens with zero attached hydrogens (tertiary/aromatic N) is 2. The van der Waals surface area contributed by atoms with Crippen LogP contribution in [0.1, 0.15) is 58.2 Å². The first-order valence-corrected chi connectivity index (χ1v) is 22.2. The zero-order chi connectivity index (χ0) is 41.9. The predicted molar refractivity (Wildman–Crippen MR) is 260 cm³/mol. The fraction of sp³-hybridized carbons (Fsp3) is 0.0820. The molecule has 3 aliphatic carbocycles. The molecule has 9 aromatic rings. The van der Waals surface area contributed by atoms with Gasteiger partial charge in [-0.15, -0.1) is 0 Å².